The molecule has 0 saturated carbocycles. The monoisotopic (exact) mass is 469 g/mol. The van der Waals surface area contributed by atoms with Gasteiger partial charge in [0.2, 0.25) is 0 Å². The van der Waals surface area contributed by atoms with E-state index in [9.17, 15) is 4.79 Å². The second-order valence-corrected chi connectivity index (χ2v) is 9.92. The van der Waals surface area contributed by atoms with Crippen LogP contribution in [0.4, 0.5) is 5.82 Å². The lowest BCUT2D eigenvalue weighted by atomic mass is 9.92. The van der Waals surface area contributed by atoms with Gasteiger partial charge in [-0.15, -0.1) is 0 Å². The number of aromatic nitrogens is 2. The number of piperidine rings is 1. The van der Waals surface area contributed by atoms with Gasteiger partial charge in [-0.25, -0.2) is 4.98 Å². The van der Waals surface area contributed by atoms with Crippen molar-refractivity contribution in [3.8, 4) is 0 Å². The molecular formula is C29H35N5O. The molecule has 35 heavy (non-hydrogen) atoms. The summed E-state index contributed by atoms with van der Waals surface area (Å²) in [5.41, 5.74) is 5.64. The molecule has 2 fully saturated rings. The number of rotatable bonds is 5. The summed E-state index contributed by atoms with van der Waals surface area (Å²) < 4.78 is 0. The molecule has 0 radical (unpaired) electrons. The van der Waals surface area contributed by atoms with Gasteiger partial charge in [0.05, 0.1) is 0 Å². The largest absolute Gasteiger partial charge is 0.354 e. The van der Waals surface area contributed by atoms with Crippen LogP contribution in [0, 0.1) is 6.92 Å². The molecule has 6 heteroatoms. The van der Waals surface area contributed by atoms with Gasteiger partial charge in [0.15, 0.2) is 0 Å². The lowest BCUT2D eigenvalue weighted by Crippen LogP contribution is -2.45. The summed E-state index contributed by atoms with van der Waals surface area (Å²) in [5, 5.41) is 0. The summed E-state index contributed by atoms with van der Waals surface area (Å²) in [4.78, 5) is 29.4. The van der Waals surface area contributed by atoms with Crippen LogP contribution in [0.5, 0.6) is 0 Å². The minimum atomic E-state index is 0.113. The Kier molecular flexibility index (Phi) is 7.09. The second kappa shape index (κ2) is 10.6. The molecule has 2 saturated heterocycles. The number of amides is 1. The zero-order valence-corrected chi connectivity index (χ0v) is 20.9. The first-order valence-corrected chi connectivity index (χ1v) is 12.8. The van der Waals surface area contributed by atoms with Gasteiger partial charge in [0, 0.05) is 74.8 Å². The highest BCUT2D eigenvalue weighted by atomic mass is 16.2. The number of likely N-dealkylation sites (tertiary alicyclic amines) is 1. The average Bonchev–Trinajstić information content (AvgIpc) is 2.90. The fourth-order valence-electron chi connectivity index (χ4n) is 5.15. The van der Waals surface area contributed by atoms with Gasteiger partial charge in [-0.1, -0.05) is 30.3 Å². The number of aryl methyl sites for hydroxylation is 1. The molecule has 1 aromatic carbocycles. The predicted molar refractivity (Wildman–Crippen MR) is 140 cm³/mol. The van der Waals surface area contributed by atoms with Crippen LogP contribution >= 0.6 is 0 Å². The van der Waals surface area contributed by atoms with Crippen molar-refractivity contribution in [3.05, 3.63) is 88.9 Å². The molecule has 2 aliphatic rings. The Hall–Kier alpha value is -3.25. The molecule has 3 aromatic rings. The zero-order chi connectivity index (χ0) is 24.2. The minimum absolute atomic E-state index is 0.113. The Morgan fingerprint density at radius 3 is 2.49 bits per heavy atom. The van der Waals surface area contributed by atoms with Crippen LogP contribution in [0.15, 0.2) is 60.8 Å². The fourth-order valence-corrected chi connectivity index (χ4v) is 5.15. The number of likely N-dealkylation sites (N-methyl/N-ethyl adjacent to an activating group) is 1. The van der Waals surface area contributed by atoms with E-state index in [0.717, 1.165) is 81.3 Å². The van der Waals surface area contributed by atoms with Crippen molar-refractivity contribution in [2.75, 3.05) is 51.2 Å². The molecule has 0 N–H and O–H groups in total. The molecule has 0 unspecified atom stereocenters. The highest BCUT2D eigenvalue weighted by Gasteiger charge is 2.26. The highest BCUT2D eigenvalue weighted by Crippen LogP contribution is 2.28. The highest BCUT2D eigenvalue weighted by molar-refractivity contribution is 5.95. The normalized spacial score (nSPS) is 17.5. The fraction of sp³-hybridized carbons (Fsp3) is 0.414. The van der Waals surface area contributed by atoms with Crippen molar-refractivity contribution in [2.24, 2.45) is 0 Å². The number of hydrogen-bond donors (Lipinski definition) is 0. The van der Waals surface area contributed by atoms with Crippen LogP contribution < -0.4 is 4.90 Å². The van der Waals surface area contributed by atoms with E-state index in [2.05, 4.69) is 71.2 Å². The summed E-state index contributed by atoms with van der Waals surface area (Å²) >= 11 is 0. The lowest BCUT2D eigenvalue weighted by Gasteiger charge is -2.34. The lowest BCUT2D eigenvalue weighted by molar-refractivity contribution is 0.0712. The van der Waals surface area contributed by atoms with E-state index in [1.165, 1.54) is 11.1 Å². The zero-order valence-electron chi connectivity index (χ0n) is 20.9. The van der Waals surface area contributed by atoms with E-state index < -0.39 is 0 Å². The molecule has 5 rings (SSSR count). The van der Waals surface area contributed by atoms with E-state index >= 15 is 0 Å². The molecule has 182 valence electrons. The third-order valence-corrected chi connectivity index (χ3v) is 7.48. The maximum absolute atomic E-state index is 13.3. The number of carbonyl (C=O) groups excluding carboxylic acids is 1. The van der Waals surface area contributed by atoms with E-state index in [4.69, 9.17) is 4.98 Å². The standard InChI is InChI=1S/C29H35N5O/c1-22-6-3-4-7-24(22)20-26-8-5-9-27(31-26)23-11-14-34(15-12-23)29(35)25-10-13-30-28(21-25)33-18-16-32(2)17-19-33/h3-10,13,21,23H,11-12,14-20H2,1-2H3. The van der Waals surface area contributed by atoms with Crippen molar-refractivity contribution in [3.63, 3.8) is 0 Å². The molecule has 2 aliphatic heterocycles. The van der Waals surface area contributed by atoms with Gasteiger partial charge in [-0.2, -0.15) is 0 Å². The average molecular weight is 470 g/mol. The smallest absolute Gasteiger partial charge is 0.254 e. The Labute approximate surface area is 208 Å². The van der Waals surface area contributed by atoms with Crippen LogP contribution in [0.2, 0.25) is 0 Å². The first-order chi connectivity index (χ1) is 17.1. The van der Waals surface area contributed by atoms with E-state index in [-0.39, 0.29) is 5.91 Å². The van der Waals surface area contributed by atoms with Crippen molar-refractivity contribution >= 4 is 11.7 Å². The van der Waals surface area contributed by atoms with Crippen LogP contribution in [-0.4, -0.2) is 72.0 Å². The van der Waals surface area contributed by atoms with Crippen molar-refractivity contribution in [2.45, 2.75) is 32.1 Å². The van der Waals surface area contributed by atoms with Crippen molar-refractivity contribution in [1.29, 1.82) is 0 Å². The summed E-state index contributed by atoms with van der Waals surface area (Å²) in [7, 11) is 2.14. The van der Waals surface area contributed by atoms with Gasteiger partial charge >= 0.3 is 0 Å². The van der Waals surface area contributed by atoms with E-state index in [0.29, 0.717) is 5.92 Å². The SMILES string of the molecule is Cc1ccccc1Cc1cccc(C2CCN(C(=O)c3ccnc(N4CCN(C)CC4)c3)CC2)n1. The molecule has 0 bridgehead atoms. The second-order valence-electron chi connectivity index (χ2n) is 9.92. The third kappa shape index (κ3) is 5.54. The summed E-state index contributed by atoms with van der Waals surface area (Å²) in [5.74, 6) is 1.42. The Morgan fingerprint density at radius 1 is 0.943 bits per heavy atom. The Morgan fingerprint density at radius 2 is 1.71 bits per heavy atom. The molecule has 0 aliphatic carbocycles. The molecule has 2 aromatic heterocycles. The molecule has 1 amide bonds. The quantitative estimate of drug-likeness (QED) is 0.562. The van der Waals surface area contributed by atoms with Gasteiger partial charge in [0.25, 0.3) is 5.91 Å². The molecule has 0 spiro atoms. The maximum Gasteiger partial charge on any atom is 0.254 e. The predicted octanol–water partition coefficient (Wildman–Crippen LogP) is 4.15. The maximum atomic E-state index is 13.3. The Bertz CT molecular complexity index is 1160. The number of pyridine rings is 2. The number of benzene rings is 1. The van der Waals surface area contributed by atoms with Crippen molar-refractivity contribution < 1.29 is 4.79 Å². The van der Waals surface area contributed by atoms with Crippen molar-refractivity contribution in [1.82, 2.24) is 19.8 Å². The van der Waals surface area contributed by atoms with Gasteiger partial charge < -0.3 is 14.7 Å². The Balaban J connectivity index is 1.20. The van der Waals surface area contributed by atoms with E-state index in [1.807, 2.05) is 17.0 Å². The molecule has 4 heterocycles. The number of hydrogen-bond acceptors (Lipinski definition) is 5. The van der Waals surface area contributed by atoms with Gasteiger partial charge in [-0.05, 0) is 62.2 Å². The molecule has 6 nitrogen and oxygen atoms in total. The van der Waals surface area contributed by atoms with E-state index in [1.54, 1.807) is 6.20 Å². The molecule has 0 atom stereocenters. The minimum Gasteiger partial charge on any atom is -0.354 e. The topological polar surface area (TPSA) is 52.6 Å². The van der Waals surface area contributed by atoms with Crippen LogP contribution in [0.3, 0.4) is 0 Å². The van der Waals surface area contributed by atoms with Gasteiger partial charge in [-0.3, -0.25) is 9.78 Å². The summed E-state index contributed by atoms with van der Waals surface area (Å²) in [6.07, 6.45) is 4.53. The molecular weight excluding hydrogens is 434 g/mol. The summed E-state index contributed by atoms with van der Waals surface area (Å²) in [6, 6.07) is 18.7. The number of piperazine rings is 1. The first-order valence-electron chi connectivity index (χ1n) is 12.8. The van der Waals surface area contributed by atoms with Crippen LogP contribution in [0.1, 0.15) is 51.6 Å². The first kappa shape index (κ1) is 23.5. The third-order valence-electron chi connectivity index (χ3n) is 7.48. The number of anilines is 1. The van der Waals surface area contributed by atoms with Crippen LogP contribution in [-0.2, 0) is 6.42 Å². The number of nitrogens with zero attached hydrogens (tertiary/aromatic N) is 5. The number of carbonyl (C=O) groups is 1. The summed E-state index contributed by atoms with van der Waals surface area (Å²) in [6.45, 7) is 7.62. The van der Waals surface area contributed by atoms with Crippen LogP contribution in [0.25, 0.3) is 0 Å². The van der Waals surface area contributed by atoms with Gasteiger partial charge in [0.1, 0.15) is 5.82 Å².